The molecule has 3 aliphatic heterocycles. The summed E-state index contributed by atoms with van der Waals surface area (Å²) in [6.07, 6.45) is 5.87. The second kappa shape index (κ2) is 11.1. The SMILES string of the molecule is O=C1CN(S(=O)(=O)c2ccc3c(c2)OCCCO3)CCCOc2cccc(c2)CCC2CCCCN12. The monoisotopic (exact) mass is 514 g/mol. The highest BCUT2D eigenvalue weighted by molar-refractivity contribution is 7.89. The summed E-state index contributed by atoms with van der Waals surface area (Å²) in [6.45, 7) is 2.02. The number of nitrogens with zero attached hydrogens (tertiary/aromatic N) is 2. The van der Waals surface area contributed by atoms with Crippen LogP contribution < -0.4 is 14.2 Å². The predicted octanol–water partition coefficient (Wildman–Crippen LogP) is 3.64. The number of carbonyl (C=O) groups excluding carboxylic acids is 1. The van der Waals surface area contributed by atoms with Crippen molar-refractivity contribution in [2.45, 2.75) is 55.9 Å². The summed E-state index contributed by atoms with van der Waals surface area (Å²) < 4.78 is 46.1. The lowest BCUT2D eigenvalue weighted by Gasteiger charge is -2.37. The van der Waals surface area contributed by atoms with E-state index in [4.69, 9.17) is 14.2 Å². The van der Waals surface area contributed by atoms with E-state index in [0.29, 0.717) is 44.3 Å². The third-order valence-electron chi connectivity index (χ3n) is 7.10. The number of hydrogen-bond acceptors (Lipinski definition) is 6. The number of rotatable bonds is 2. The Bertz CT molecular complexity index is 1180. The number of ether oxygens (including phenoxy) is 3. The number of benzene rings is 2. The fourth-order valence-electron chi connectivity index (χ4n) is 5.16. The molecule has 1 unspecified atom stereocenters. The van der Waals surface area contributed by atoms with Crippen molar-refractivity contribution in [1.82, 2.24) is 9.21 Å². The average molecular weight is 515 g/mol. The van der Waals surface area contributed by atoms with Crippen LogP contribution >= 0.6 is 0 Å². The van der Waals surface area contributed by atoms with Gasteiger partial charge in [0.25, 0.3) is 0 Å². The van der Waals surface area contributed by atoms with Crippen LogP contribution in [0, 0.1) is 0 Å². The second-order valence-electron chi connectivity index (χ2n) is 9.62. The Morgan fingerprint density at radius 1 is 0.806 bits per heavy atom. The molecule has 0 aromatic heterocycles. The lowest BCUT2D eigenvalue weighted by Crippen LogP contribution is -2.49. The summed E-state index contributed by atoms with van der Waals surface area (Å²) in [5, 5.41) is 0. The fraction of sp³-hybridized carbons (Fsp3) is 0.519. The molecule has 1 atom stereocenters. The first-order valence-corrected chi connectivity index (χ1v) is 14.4. The van der Waals surface area contributed by atoms with Gasteiger partial charge in [0.15, 0.2) is 11.5 Å². The van der Waals surface area contributed by atoms with E-state index in [0.717, 1.165) is 44.3 Å². The average Bonchev–Trinajstić information content (AvgIpc) is 3.14. The summed E-state index contributed by atoms with van der Waals surface area (Å²) in [4.78, 5) is 15.5. The Hall–Kier alpha value is -2.78. The zero-order valence-corrected chi connectivity index (χ0v) is 21.4. The summed E-state index contributed by atoms with van der Waals surface area (Å²) in [7, 11) is -3.94. The number of aryl methyl sites for hydroxylation is 1. The van der Waals surface area contributed by atoms with Crippen LogP contribution in [0.4, 0.5) is 0 Å². The summed E-state index contributed by atoms with van der Waals surface area (Å²) in [6, 6.07) is 12.9. The maximum absolute atomic E-state index is 13.8. The Morgan fingerprint density at radius 3 is 2.53 bits per heavy atom. The van der Waals surface area contributed by atoms with Gasteiger partial charge < -0.3 is 19.1 Å². The lowest BCUT2D eigenvalue weighted by atomic mass is 9.95. The molecule has 0 aliphatic carbocycles. The van der Waals surface area contributed by atoms with E-state index in [1.807, 2.05) is 23.1 Å². The van der Waals surface area contributed by atoms with E-state index >= 15 is 0 Å². The van der Waals surface area contributed by atoms with Gasteiger partial charge >= 0.3 is 0 Å². The quantitative estimate of drug-likeness (QED) is 0.609. The van der Waals surface area contributed by atoms with Crippen molar-refractivity contribution >= 4 is 15.9 Å². The van der Waals surface area contributed by atoms with Crippen molar-refractivity contribution in [2.75, 3.05) is 39.5 Å². The molecule has 2 aromatic rings. The maximum Gasteiger partial charge on any atom is 0.243 e. The van der Waals surface area contributed by atoms with Gasteiger partial charge in [0.2, 0.25) is 15.9 Å². The van der Waals surface area contributed by atoms with Gasteiger partial charge in [-0.05, 0) is 68.4 Å². The van der Waals surface area contributed by atoms with Crippen LogP contribution in [0.15, 0.2) is 47.4 Å². The molecule has 194 valence electrons. The van der Waals surface area contributed by atoms with Gasteiger partial charge in [-0.15, -0.1) is 0 Å². The molecule has 36 heavy (non-hydrogen) atoms. The van der Waals surface area contributed by atoms with Crippen LogP contribution in [0.1, 0.15) is 44.1 Å². The van der Waals surface area contributed by atoms with E-state index in [2.05, 4.69) is 6.07 Å². The van der Waals surface area contributed by atoms with Crippen LogP contribution in [0.25, 0.3) is 0 Å². The van der Waals surface area contributed by atoms with Gasteiger partial charge in [0.05, 0.1) is 31.3 Å². The standard InChI is InChI=1S/C27H34N2O6S/c30-27-20-28(36(31,32)24-11-12-25-26(19-24)35-17-5-16-34-25)13-4-15-33-23-8-3-6-21(18-23)9-10-22-7-1-2-14-29(22)27/h3,6,8,11-12,18-19,22H,1-2,4-5,7,9-10,13-17,20H2. The lowest BCUT2D eigenvalue weighted by molar-refractivity contribution is -0.135. The molecule has 1 amide bonds. The van der Waals surface area contributed by atoms with Crippen LogP contribution in [0.2, 0.25) is 0 Å². The van der Waals surface area contributed by atoms with E-state index in [1.165, 1.54) is 22.0 Å². The summed E-state index contributed by atoms with van der Waals surface area (Å²) >= 11 is 0. The molecule has 3 heterocycles. The highest BCUT2D eigenvalue weighted by Gasteiger charge is 2.32. The van der Waals surface area contributed by atoms with Crippen LogP contribution in [-0.4, -0.2) is 69.0 Å². The van der Waals surface area contributed by atoms with E-state index in [1.54, 1.807) is 6.07 Å². The molecule has 1 fully saturated rings. The molecule has 8 nitrogen and oxygen atoms in total. The first kappa shape index (κ1) is 24.9. The minimum Gasteiger partial charge on any atom is -0.494 e. The molecule has 0 N–H and O–H groups in total. The normalized spacial score (nSPS) is 22.1. The third kappa shape index (κ3) is 5.62. The number of hydrogen-bond donors (Lipinski definition) is 0. The van der Waals surface area contributed by atoms with E-state index in [9.17, 15) is 13.2 Å². The minimum absolute atomic E-state index is 0.101. The summed E-state index contributed by atoms with van der Waals surface area (Å²) in [5.41, 5.74) is 1.20. The third-order valence-corrected chi connectivity index (χ3v) is 8.94. The molecule has 0 saturated carbocycles. The predicted molar refractivity (Wildman–Crippen MR) is 135 cm³/mol. The highest BCUT2D eigenvalue weighted by Crippen LogP contribution is 2.33. The molecule has 5 rings (SSSR count). The first-order valence-electron chi connectivity index (χ1n) is 12.9. The molecule has 2 bridgehead atoms. The van der Waals surface area contributed by atoms with Crippen molar-refractivity contribution in [3.05, 3.63) is 48.0 Å². The van der Waals surface area contributed by atoms with Crippen molar-refractivity contribution < 1.29 is 27.4 Å². The van der Waals surface area contributed by atoms with Crippen molar-refractivity contribution in [2.24, 2.45) is 0 Å². The topological polar surface area (TPSA) is 85.4 Å². The number of carbonyl (C=O) groups is 1. The molecular weight excluding hydrogens is 480 g/mol. The number of piperidine rings is 1. The van der Waals surface area contributed by atoms with E-state index in [-0.39, 0.29) is 29.9 Å². The first-order chi connectivity index (χ1) is 17.5. The molecule has 9 heteroatoms. The van der Waals surface area contributed by atoms with Gasteiger partial charge in [-0.25, -0.2) is 8.42 Å². The Balaban J connectivity index is 1.42. The molecule has 3 aliphatic rings. The molecule has 0 radical (unpaired) electrons. The second-order valence-corrected chi connectivity index (χ2v) is 11.6. The van der Waals surface area contributed by atoms with E-state index < -0.39 is 10.0 Å². The highest BCUT2D eigenvalue weighted by atomic mass is 32.2. The van der Waals surface area contributed by atoms with Crippen LogP contribution in [0.5, 0.6) is 17.2 Å². The van der Waals surface area contributed by atoms with Gasteiger partial charge in [0, 0.05) is 31.6 Å². The molecule has 0 spiro atoms. The Morgan fingerprint density at radius 2 is 1.64 bits per heavy atom. The zero-order valence-electron chi connectivity index (χ0n) is 20.6. The van der Waals surface area contributed by atoms with Gasteiger partial charge in [-0.1, -0.05) is 12.1 Å². The molecule has 2 aromatic carbocycles. The molecular formula is C27H34N2O6S. The van der Waals surface area contributed by atoms with Crippen LogP contribution in [-0.2, 0) is 21.2 Å². The Kier molecular flexibility index (Phi) is 7.67. The number of amides is 1. The smallest absolute Gasteiger partial charge is 0.243 e. The number of sulfonamides is 1. The van der Waals surface area contributed by atoms with Crippen molar-refractivity contribution in [1.29, 1.82) is 0 Å². The Labute approximate surface area is 213 Å². The number of fused-ring (bicyclic) bond motifs is 4. The van der Waals surface area contributed by atoms with Gasteiger partial charge in [-0.3, -0.25) is 4.79 Å². The zero-order chi connectivity index (χ0) is 25.0. The van der Waals surface area contributed by atoms with Crippen molar-refractivity contribution in [3.63, 3.8) is 0 Å². The maximum atomic E-state index is 13.8. The molecule has 1 saturated heterocycles. The summed E-state index contributed by atoms with van der Waals surface area (Å²) in [5.74, 6) is 1.61. The van der Waals surface area contributed by atoms with Crippen molar-refractivity contribution in [3.8, 4) is 17.2 Å². The van der Waals surface area contributed by atoms with Gasteiger partial charge in [0.1, 0.15) is 5.75 Å². The largest absolute Gasteiger partial charge is 0.494 e. The fourth-order valence-corrected chi connectivity index (χ4v) is 6.61. The minimum atomic E-state index is -3.94. The van der Waals surface area contributed by atoms with Gasteiger partial charge in [-0.2, -0.15) is 4.31 Å². The van der Waals surface area contributed by atoms with Crippen LogP contribution in [0.3, 0.4) is 0 Å².